The minimum absolute atomic E-state index is 0. The van der Waals surface area contributed by atoms with Crippen molar-refractivity contribution in [1.29, 1.82) is 0 Å². The third-order valence-electron chi connectivity index (χ3n) is 3.47. The number of nitrogens with one attached hydrogen (secondary N) is 2. The summed E-state index contributed by atoms with van der Waals surface area (Å²) in [6.45, 7) is 3.76. The molecule has 2 aliphatic rings. The molecule has 0 aromatic heterocycles. The quantitative estimate of drug-likeness (QED) is 0.740. The van der Waals surface area contributed by atoms with Crippen molar-refractivity contribution in [2.45, 2.75) is 12.1 Å². The predicted octanol–water partition coefficient (Wildman–Crippen LogP) is 0.699. The van der Waals surface area contributed by atoms with E-state index in [0.29, 0.717) is 32.8 Å². The second kappa shape index (κ2) is 8.76. The Morgan fingerprint density at radius 2 is 2.05 bits per heavy atom. The van der Waals surface area contributed by atoms with E-state index in [9.17, 15) is 5.11 Å². The van der Waals surface area contributed by atoms with Crippen LogP contribution in [0.25, 0.3) is 0 Å². The molecule has 0 bridgehead atoms. The third-order valence-corrected chi connectivity index (χ3v) is 3.47. The number of hydrogen-bond donors (Lipinski definition) is 3. The largest absolute Gasteiger partial charge is 0.454 e. The summed E-state index contributed by atoms with van der Waals surface area (Å²) in [5.74, 6) is 1.57. The molecular formula is C14H22Cl2N2O4. The molecule has 0 aliphatic carbocycles. The van der Waals surface area contributed by atoms with Crippen LogP contribution in [0.5, 0.6) is 11.5 Å². The molecule has 22 heavy (non-hydrogen) atoms. The van der Waals surface area contributed by atoms with E-state index in [1.54, 1.807) is 0 Å². The van der Waals surface area contributed by atoms with Crippen LogP contribution in [0.4, 0.5) is 0 Å². The zero-order valence-electron chi connectivity index (χ0n) is 12.2. The van der Waals surface area contributed by atoms with Gasteiger partial charge < -0.3 is 30.0 Å². The number of hydrogen-bond acceptors (Lipinski definition) is 6. The number of rotatable bonds is 4. The lowest BCUT2D eigenvalue weighted by Gasteiger charge is -2.26. The third kappa shape index (κ3) is 4.87. The van der Waals surface area contributed by atoms with Crippen molar-refractivity contribution in [2.75, 3.05) is 39.6 Å². The SMILES string of the molecule is Cl.Cl.OC1(CNCc2ccc3c(c2)OCO3)CNCCOC1. The average molecular weight is 353 g/mol. The van der Waals surface area contributed by atoms with Gasteiger partial charge in [0.1, 0.15) is 5.60 Å². The molecule has 3 rings (SSSR count). The van der Waals surface area contributed by atoms with Crippen LogP contribution < -0.4 is 20.1 Å². The van der Waals surface area contributed by atoms with E-state index in [4.69, 9.17) is 14.2 Å². The first-order chi connectivity index (χ1) is 9.75. The van der Waals surface area contributed by atoms with Gasteiger partial charge in [0.25, 0.3) is 0 Å². The lowest BCUT2D eigenvalue weighted by molar-refractivity contribution is -0.0264. The Bertz CT molecular complexity index is 468. The molecule has 2 heterocycles. The fraction of sp³-hybridized carbons (Fsp3) is 0.571. The van der Waals surface area contributed by atoms with Crippen LogP contribution in [0.2, 0.25) is 0 Å². The molecule has 1 aromatic carbocycles. The zero-order valence-corrected chi connectivity index (χ0v) is 13.8. The molecule has 1 fully saturated rings. The van der Waals surface area contributed by atoms with Crippen LogP contribution in [0, 0.1) is 0 Å². The van der Waals surface area contributed by atoms with Crippen molar-refractivity contribution < 1.29 is 19.3 Å². The van der Waals surface area contributed by atoms with E-state index < -0.39 is 5.60 Å². The van der Waals surface area contributed by atoms with E-state index in [-0.39, 0.29) is 31.6 Å². The predicted molar refractivity (Wildman–Crippen MR) is 87.4 cm³/mol. The number of fused-ring (bicyclic) bond motifs is 1. The molecule has 0 spiro atoms. The number of β-amino-alcohol motifs (C(OH)–C–C–N with tert-alkyl or cyclic N) is 1. The summed E-state index contributed by atoms with van der Waals surface area (Å²) in [7, 11) is 0. The molecule has 126 valence electrons. The number of aliphatic hydroxyl groups is 1. The monoisotopic (exact) mass is 352 g/mol. The highest BCUT2D eigenvalue weighted by atomic mass is 35.5. The van der Waals surface area contributed by atoms with E-state index >= 15 is 0 Å². The normalized spacial score (nSPS) is 23.1. The van der Waals surface area contributed by atoms with Gasteiger partial charge in [-0.2, -0.15) is 0 Å². The maximum Gasteiger partial charge on any atom is 0.231 e. The zero-order chi connectivity index (χ0) is 13.8. The summed E-state index contributed by atoms with van der Waals surface area (Å²) in [6, 6.07) is 5.86. The van der Waals surface area contributed by atoms with Gasteiger partial charge in [-0.1, -0.05) is 6.07 Å². The topological polar surface area (TPSA) is 72.0 Å². The Labute approximate surface area is 142 Å². The fourth-order valence-electron chi connectivity index (χ4n) is 2.38. The van der Waals surface area contributed by atoms with Crippen molar-refractivity contribution in [3.63, 3.8) is 0 Å². The van der Waals surface area contributed by atoms with Crippen LogP contribution in [-0.4, -0.2) is 50.3 Å². The Kier molecular flexibility index (Phi) is 7.68. The van der Waals surface area contributed by atoms with Gasteiger partial charge in [-0.3, -0.25) is 0 Å². The lowest BCUT2D eigenvalue weighted by atomic mass is 10.1. The van der Waals surface area contributed by atoms with Crippen molar-refractivity contribution in [3.8, 4) is 11.5 Å². The van der Waals surface area contributed by atoms with Crippen molar-refractivity contribution in [1.82, 2.24) is 10.6 Å². The highest BCUT2D eigenvalue weighted by Gasteiger charge is 2.28. The second-order valence-corrected chi connectivity index (χ2v) is 5.24. The lowest BCUT2D eigenvalue weighted by Crippen LogP contribution is -2.50. The summed E-state index contributed by atoms with van der Waals surface area (Å²) in [5.41, 5.74) is 0.243. The van der Waals surface area contributed by atoms with E-state index in [2.05, 4.69) is 10.6 Å². The minimum Gasteiger partial charge on any atom is -0.454 e. The van der Waals surface area contributed by atoms with Crippen LogP contribution >= 0.6 is 24.8 Å². The van der Waals surface area contributed by atoms with Crippen molar-refractivity contribution in [2.24, 2.45) is 0 Å². The fourth-order valence-corrected chi connectivity index (χ4v) is 2.38. The molecule has 6 nitrogen and oxygen atoms in total. The van der Waals surface area contributed by atoms with Gasteiger partial charge >= 0.3 is 0 Å². The van der Waals surface area contributed by atoms with Gasteiger partial charge in [0.05, 0.1) is 13.2 Å². The molecule has 2 aliphatic heterocycles. The standard InChI is InChI=1S/C14H20N2O4.2ClH/c17-14(7-15-3-4-18-9-14)8-16-6-11-1-2-12-13(5-11)20-10-19-12;;/h1-2,5,15-17H,3-4,6-10H2;2*1H. The molecule has 1 saturated heterocycles. The van der Waals surface area contributed by atoms with Crippen molar-refractivity contribution >= 4 is 24.8 Å². The summed E-state index contributed by atoms with van der Waals surface area (Å²) in [5, 5.41) is 16.8. The molecule has 1 aromatic rings. The van der Waals surface area contributed by atoms with E-state index in [0.717, 1.165) is 23.6 Å². The minimum atomic E-state index is -0.854. The summed E-state index contributed by atoms with van der Waals surface area (Å²) in [4.78, 5) is 0. The van der Waals surface area contributed by atoms with E-state index in [1.165, 1.54) is 0 Å². The van der Waals surface area contributed by atoms with Gasteiger partial charge in [-0.05, 0) is 17.7 Å². The maximum atomic E-state index is 10.4. The van der Waals surface area contributed by atoms with Gasteiger partial charge in [0, 0.05) is 26.2 Å². The Balaban J connectivity index is 0.00000121. The van der Waals surface area contributed by atoms with Crippen LogP contribution in [0.1, 0.15) is 5.56 Å². The average Bonchev–Trinajstić information content (AvgIpc) is 2.80. The highest BCUT2D eigenvalue weighted by Crippen LogP contribution is 2.32. The molecule has 0 radical (unpaired) electrons. The summed E-state index contributed by atoms with van der Waals surface area (Å²) >= 11 is 0. The first kappa shape index (κ1) is 19.3. The van der Waals surface area contributed by atoms with Gasteiger partial charge in [0.15, 0.2) is 11.5 Å². The number of benzene rings is 1. The van der Waals surface area contributed by atoms with Gasteiger partial charge in [0.2, 0.25) is 6.79 Å². The Morgan fingerprint density at radius 1 is 1.23 bits per heavy atom. The molecule has 1 atom stereocenters. The molecule has 0 amide bonds. The summed E-state index contributed by atoms with van der Waals surface area (Å²) < 4.78 is 16.0. The molecule has 1 unspecified atom stereocenters. The second-order valence-electron chi connectivity index (χ2n) is 5.24. The first-order valence-electron chi connectivity index (χ1n) is 6.85. The molecule has 8 heteroatoms. The Morgan fingerprint density at radius 3 is 2.91 bits per heavy atom. The van der Waals surface area contributed by atoms with Crippen LogP contribution in [0.3, 0.4) is 0 Å². The number of ether oxygens (including phenoxy) is 3. The highest BCUT2D eigenvalue weighted by molar-refractivity contribution is 5.85. The number of halogens is 2. The summed E-state index contributed by atoms with van der Waals surface area (Å²) in [6.07, 6.45) is 0. The Hall–Kier alpha value is -0.760. The first-order valence-corrected chi connectivity index (χ1v) is 6.85. The molecule has 3 N–H and O–H groups in total. The molecular weight excluding hydrogens is 331 g/mol. The van der Waals surface area contributed by atoms with Gasteiger partial charge in [-0.15, -0.1) is 24.8 Å². The smallest absolute Gasteiger partial charge is 0.231 e. The molecule has 0 saturated carbocycles. The maximum absolute atomic E-state index is 10.4. The van der Waals surface area contributed by atoms with Gasteiger partial charge in [-0.25, -0.2) is 0 Å². The van der Waals surface area contributed by atoms with Crippen LogP contribution in [-0.2, 0) is 11.3 Å². The van der Waals surface area contributed by atoms with Crippen LogP contribution in [0.15, 0.2) is 18.2 Å². The van der Waals surface area contributed by atoms with Crippen molar-refractivity contribution in [3.05, 3.63) is 23.8 Å². The van der Waals surface area contributed by atoms with E-state index in [1.807, 2.05) is 18.2 Å².